The Kier molecular flexibility index (Phi) is 40.4. The highest BCUT2D eigenvalue weighted by Gasteiger charge is 1.97. The molecule has 0 atom stereocenters. The van der Waals surface area contributed by atoms with E-state index in [9.17, 15) is 0 Å². The van der Waals surface area contributed by atoms with Crippen molar-refractivity contribution in [2.75, 3.05) is 106 Å². The van der Waals surface area contributed by atoms with Crippen LogP contribution in [-0.4, -0.2) is 106 Å². The van der Waals surface area contributed by atoms with Crippen molar-refractivity contribution in [1.29, 1.82) is 0 Å². The van der Waals surface area contributed by atoms with E-state index >= 15 is 0 Å². The van der Waals surface area contributed by atoms with Crippen LogP contribution < -0.4 is 0 Å². The standard InChI is InChI=1S/C34H70O8/c1-3-5-7-8-9-10-11-12-13-14-15-16-17-18-20-36-22-24-38-26-28-40-30-32-42-34-33-41-31-29-39-27-25-37-23-21-35-19-6-4-2/h3-34H2,1-2H3. The van der Waals surface area contributed by atoms with Crippen molar-refractivity contribution in [3.05, 3.63) is 0 Å². The minimum absolute atomic E-state index is 0.553. The van der Waals surface area contributed by atoms with Crippen molar-refractivity contribution in [2.45, 2.75) is 117 Å². The summed E-state index contributed by atoms with van der Waals surface area (Å²) in [6, 6.07) is 0. The molecule has 8 nitrogen and oxygen atoms in total. The van der Waals surface area contributed by atoms with Crippen LogP contribution in [0.2, 0.25) is 0 Å². The van der Waals surface area contributed by atoms with Gasteiger partial charge in [-0.05, 0) is 12.8 Å². The van der Waals surface area contributed by atoms with Gasteiger partial charge in [0.2, 0.25) is 0 Å². The van der Waals surface area contributed by atoms with Gasteiger partial charge in [-0.15, -0.1) is 0 Å². The van der Waals surface area contributed by atoms with Gasteiger partial charge >= 0.3 is 0 Å². The van der Waals surface area contributed by atoms with Crippen LogP contribution in [-0.2, 0) is 37.9 Å². The molecule has 0 N–H and O–H groups in total. The van der Waals surface area contributed by atoms with Crippen LogP contribution in [0.25, 0.3) is 0 Å². The molecule has 0 rings (SSSR count). The van der Waals surface area contributed by atoms with E-state index in [1.807, 2.05) is 0 Å². The first-order valence-electron chi connectivity index (χ1n) is 17.5. The lowest BCUT2D eigenvalue weighted by molar-refractivity contribution is -0.0232. The zero-order chi connectivity index (χ0) is 30.3. The fourth-order valence-electron chi connectivity index (χ4n) is 4.29. The Labute approximate surface area is 260 Å². The van der Waals surface area contributed by atoms with Crippen LogP contribution in [0.4, 0.5) is 0 Å². The molecule has 0 saturated carbocycles. The molecule has 0 amide bonds. The second kappa shape index (κ2) is 40.7. The normalized spacial score (nSPS) is 11.6. The van der Waals surface area contributed by atoms with Crippen LogP contribution in [0, 0.1) is 0 Å². The summed E-state index contributed by atoms with van der Waals surface area (Å²) in [5.41, 5.74) is 0. The van der Waals surface area contributed by atoms with Crippen molar-refractivity contribution in [1.82, 2.24) is 0 Å². The van der Waals surface area contributed by atoms with Crippen molar-refractivity contribution in [3.8, 4) is 0 Å². The number of ether oxygens (including phenoxy) is 8. The molecule has 0 heterocycles. The highest BCUT2D eigenvalue weighted by Crippen LogP contribution is 2.12. The molecule has 42 heavy (non-hydrogen) atoms. The van der Waals surface area contributed by atoms with Crippen LogP contribution in [0.1, 0.15) is 117 Å². The van der Waals surface area contributed by atoms with E-state index < -0.39 is 0 Å². The molecule has 0 aliphatic heterocycles. The molecular weight excluding hydrogens is 536 g/mol. The second-order valence-corrected chi connectivity index (χ2v) is 10.8. The third-order valence-electron chi connectivity index (χ3n) is 6.89. The first-order chi connectivity index (χ1) is 20.9. The summed E-state index contributed by atoms with van der Waals surface area (Å²) in [5, 5.41) is 0. The van der Waals surface area contributed by atoms with E-state index in [-0.39, 0.29) is 0 Å². The van der Waals surface area contributed by atoms with Crippen LogP contribution in [0.15, 0.2) is 0 Å². The fourth-order valence-corrected chi connectivity index (χ4v) is 4.29. The summed E-state index contributed by atoms with van der Waals surface area (Å²) in [4.78, 5) is 0. The van der Waals surface area contributed by atoms with E-state index in [1.165, 1.54) is 83.5 Å². The molecular formula is C34H70O8. The molecule has 0 unspecified atom stereocenters. The Bertz CT molecular complexity index is 415. The number of hydrogen-bond acceptors (Lipinski definition) is 8. The summed E-state index contributed by atoms with van der Waals surface area (Å²) < 4.78 is 44.1. The predicted octanol–water partition coefficient (Wildman–Crippen LogP) is 7.40. The Balaban J connectivity index is 3.02. The van der Waals surface area contributed by atoms with Crippen molar-refractivity contribution in [2.24, 2.45) is 0 Å². The predicted molar refractivity (Wildman–Crippen MR) is 172 cm³/mol. The lowest BCUT2D eigenvalue weighted by Gasteiger charge is -2.08. The summed E-state index contributed by atoms with van der Waals surface area (Å²) in [6.45, 7) is 14.3. The van der Waals surface area contributed by atoms with Gasteiger partial charge in [0.1, 0.15) is 0 Å². The first-order valence-corrected chi connectivity index (χ1v) is 17.5. The largest absolute Gasteiger partial charge is 0.379 e. The summed E-state index contributed by atoms with van der Waals surface area (Å²) in [6.07, 6.45) is 21.6. The van der Waals surface area contributed by atoms with Crippen LogP contribution in [0.5, 0.6) is 0 Å². The smallest absolute Gasteiger partial charge is 0.0701 e. The maximum atomic E-state index is 5.67. The van der Waals surface area contributed by atoms with Gasteiger partial charge < -0.3 is 37.9 Å². The van der Waals surface area contributed by atoms with Gasteiger partial charge in [0.05, 0.1) is 92.5 Å². The topological polar surface area (TPSA) is 73.8 Å². The van der Waals surface area contributed by atoms with Crippen LogP contribution in [0.3, 0.4) is 0 Å². The third kappa shape index (κ3) is 39.7. The Morgan fingerprint density at radius 3 is 0.643 bits per heavy atom. The third-order valence-corrected chi connectivity index (χ3v) is 6.89. The second-order valence-electron chi connectivity index (χ2n) is 10.8. The van der Waals surface area contributed by atoms with E-state index in [0.29, 0.717) is 92.5 Å². The Morgan fingerprint density at radius 2 is 0.381 bits per heavy atom. The molecule has 0 radical (unpaired) electrons. The molecule has 254 valence electrons. The van der Waals surface area contributed by atoms with E-state index in [0.717, 1.165) is 32.5 Å². The highest BCUT2D eigenvalue weighted by molar-refractivity contribution is 4.49. The van der Waals surface area contributed by atoms with Crippen molar-refractivity contribution >= 4 is 0 Å². The Morgan fingerprint density at radius 1 is 0.190 bits per heavy atom. The molecule has 0 aromatic carbocycles. The average molecular weight is 607 g/mol. The van der Waals surface area contributed by atoms with Crippen molar-refractivity contribution < 1.29 is 37.9 Å². The SMILES string of the molecule is CCCCCCCCCCCCCCCCOCCOCCOCCOCCOCCOCCOCCOCCCC. The molecule has 0 bridgehead atoms. The molecule has 8 heteroatoms. The number of hydrogen-bond donors (Lipinski definition) is 0. The van der Waals surface area contributed by atoms with Crippen LogP contribution >= 0.6 is 0 Å². The maximum absolute atomic E-state index is 5.67. The minimum atomic E-state index is 0.553. The monoisotopic (exact) mass is 607 g/mol. The first kappa shape index (κ1) is 41.7. The molecule has 0 aromatic heterocycles. The highest BCUT2D eigenvalue weighted by atomic mass is 16.6. The molecule has 0 aliphatic rings. The summed E-state index contributed by atoms with van der Waals surface area (Å²) >= 11 is 0. The quantitative estimate of drug-likeness (QED) is 0.0670. The van der Waals surface area contributed by atoms with Gasteiger partial charge in [-0.3, -0.25) is 0 Å². The molecule has 0 saturated heterocycles. The summed E-state index contributed by atoms with van der Waals surface area (Å²) in [7, 11) is 0. The van der Waals surface area contributed by atoms with Gasteiger partial charge in [-0.2, -0.15) is 0 Å². The summed E-state index contributed by atoms with van der Waals surface area (Å²) in [5.74, 6) is 0. The number of rotatable bonds is 39. The molecule has 0 aromatic rings. The minimum Gasteiger partial charge on any atom is -0.379 e. The van der Waals surface area contributed by atoms with Gasteiger partial charge in [-0.1, -0.05) is 104 Å². The molecule has 0 spiro atoms. The van der Waals surface area contributed by atoms with Gasteiger partial charge in [0.15, 0.2) is 0 Å². The zero-order valence-corrected chi connectivity index (χ0v) is 27.9. The Hall–Kier alpha value is -0.320. The number of unbranched alkanes of at least 4 members (excludes halogenated alkanes) is 14. The van der Waals surface area contributed by atoms with E-state index in [4.69, 9.17) is 37.9 Å². The van der Waals surface area contributed by atoms with Gasteiger partial charge in [0, 0.05) is 13.2 Å². The lowest BCUT2D eigenvalue weighted by Crippen LogP contribution is -2.15. The molecule has 0 aliphatic carbocycles. The average Bonchev–Trinajstić information content (AvgIpc) is 3.00. The molecule has 0 fully saturated rings. The van der Waals surface area contributed by atoms with E-state index in [2.05, 4.69) is 13.8 Å². The zero-order valence-electron chi connectivity index (χ0n) is 27.9. The maximum Gasteiger partial charge on any atom is 0.0701 e. The lowest BCUT2D eigenvalue weighted by atomic mass is 10.0. The van der Waals surface area contributed by atoms with Gasteiger partial charge in [-0.25, -0.2) is 0 Å². The van der Waals surface area contributed by atoms with E-state index in [1.54, 1.807) is 0 Å². The fraction of sp³-hybridized carbons (Fsp3) is 1.00. The van der Waals surface area contributed by atoms with Crippen molar-refractivity contribution in [3.63, 3.8) is 0 Å². The van der Waals surface area contributed by atoms with Gasteiger partial charge in [0.25, 0.3) is 0 Å².